The Bertz CT molecular complexity index is 1150. The van der Waals surface area contributed by atoms with Crippen LogP contribution in [0.4, 0.5) is 16.4 Å². The van der Waals surface area contributed by atoms with Crippen LogP contribution in [0.2, 0.25) is 10.0 Å². The van der Waals surface area contributed by atoms with E-state index in [-0.39, 0.29) is 6.03 Å². The molecule has 1 saturated heterocycles. The molecule has 0 bridgehead atoms. The molecule has 4 aromatic rings. The van der Waals surface area contributed by atoms with Gasteiger partial charge in [-0.2, -0.15) is 0 Å². The van der Waals surface area contributed by atoms with Gasteiger partial charge in [-0.05, 0) is 12.1 Å². The number of carbonyl (C=O) groups excluding carboxylic acids is 1. The molecule has 0 radical (unpaired) electrons. The molecule has 1 aliphatic heterocycles. The number of urea groups is 1. The number of halogens is 2. The highest BCUT2D eigenvalue weighted by molar-refractivity contribution is 6.36. The Kier molecular flexibility index (Phi) is 4.07. The fourth-order valence-corrected chi connectivity index (χ4v) is 3.99. The molecule has 5 rings (SSSR count). The number of rotatable bonds is 2. The van der Waals surface area contributed by atoms with E-state index >= 15 is 0 Å². The summed E-state index contributed by atoms with van der Waals surface area (Å²) in [6.07, 6.45) is 0. The highest BCUT2D eigenvalue weighted by atomic mass is 35.5. The molecule has 2 amide bonds. The molecule has 0 aliphatic carbocycles. The van der Waals surface area contributed by atoms with Gasteiger partial charge in [-0.1, -0.05) is 59.6 Å². The second-order valence-electron chi connectivity index (χ2n) is 6.54. The third kappa shape index (κ3) is 2.75. The predicted octanol–water partition coefficient (Wildman–Crippen LogP) is 5.54. The lowest BCUT2D eigenvalue weighted by atomic mass is 10.2. The van der Waals surface area contributed by atoms with Crippen LogP contribution in [0.5, 0.6) is 0 Å². The van der Waals surface area contributed by atoms with E-state index in [0.29, 0.717) is 34.8 Å². The van der Waals surface area contributed by atoms with Crippen LogP contribution >= 0.6 is 23.2 Å². The van der Waals surface area contributed by atoms with E-state index in [0.717, 1.165) is 21.8 Å². The first-order chi connectivity index (χ1) is 13.6. The van der Waals surface area contributed by atoms with E-state index in [1.807, 2.05) is 48.5 Å². The summed E-state index contributed by atoms with van der Waals surface area (Å²) < 4.78 is 0. The second kappa shape index (κ2) is 6.62. The van der Waals surface area contributed by atoms with Gasteiger partial charge in [0.15, 0.2) is 0 Å². The smallest absolute Gasteiger partial charge is 0.276 e. The highest BCUT2D eigenvalue weighted by Crippen LogP contribution is 2.32. The number of benzene rings is 2. The number of fused-ring (bicyclic) bond motifs is 2. The number of nitrogens with zero attached hydrogens (tertiary/aromatic N) is 4. The van der Waals surface area contributed by atoms with Gasteiger partial charge in [-0.25, -0.2) is 14.8 Å². The van der Waals surface area contributed by atoms with E-state index in [1.54, 1.807) is 21.9 Å². The van der Waals surface area contributed by atoms with Gasteiger partial charge in [-0.3, -0.25) is 9.80 Å². The molecule has 138 valence electrons. The minimum atomic E-state index is -0.197. The molecular formula is C21H14Cl2N4O. The molecule has 0 unspecified atom stereocenters. The van der Waals surface area contributed by atoms with Crippen LogP contribution in [-0.2, 0) is 0 Å². The monoisotopic (exact) mass is 408 g/mol. The molecule has 0 saturated carbocycles. The number of hydrogen-bond donors (Lipinski definition) is 0. The zero-order valence-electron chi connectivity index (χ0n) is 14.6. The molecule has 1 aliphatic rings. The fraction of sp³-hybridized carbons (Fsp3) is 0.0952. The van der Waals surface area contributed by atoms with E-state index < -0.39 is 0 Å². The van der Waals surface area contributed by atoms with Gasteiger partial charge in [0.1, 0.15) is 11.6 Å². The Morgan fingerprint density at radius 1 is 0.714 bits per heavy atom. The molecule has 7 heteroatoms. The largest absolute Gasteiger partial charge is 0.331 e. The minimum Gasteiger partial charge on any atom is -0.276 e. The van der Waals surface area contributed by atoms with Crippen LogP contribution in [0, 0.1) is 0 Å². The number of anilines is 2. The minimum absolute atomic E-state index is 0.197. The van der Waals surface area contributed by atoms with Crippen molar-refractivity contribution in [3.63, 3.8) is 0 Å². The zero-order valence-corrected chi connectivity index (χ0v) is 16.2. The average Bonchev–Trinajstić information content (AvgIpc) is 3.09. The molecule has 3 heterocycles. The molecule has 0 spiro atoms. The van der Waals surface area contributed by atoms with Gasteiger partial charge < -0.3 is 0 Å². The Morgan fingerprint density at radius 3 is 1.61 bits per heavy atom. The molecule has 0 N–H and O–H groups in total. The van der Waals surface area contributed by atoms with Gasteiger partial charge in [0.25, 0.3) is 0 Å². The molecule has 5 nitrogen and oxygen atoms in total. The molecule has 28 heavy (non-hydrogen) atoms. The van der Waals surface area contributed by atoms with Crippen molar-refractivity contribution in [3.8, 4) is 0 Å². The number of hydrogen-bond acceptors (Lipinski definition) is 3. The van der Waals surface area contributed by atoms with Gasteiger partial charge >= 0.3 is 6.03 Å². The van der Waals surface area contributed by atoms with Crippen molar-refractivity contribution < 1.29 is 4.79 Å². The maximum atomic E-state index is 13.1. The standard InChI is InChI=1S/C21H14Cl2N4O/c22-15-11-19(24-17-7-3-1-5-13(15)17)26-9-10-27(21(26)28)20-12-16(23)14-6-2-4-8-18(14)25-20/h1-8,11-12H,9-10H2. The third-order valence-electron chi connectivity index (χ3n) is 4.87. The topological polar surface area (TPSA) is 49.3 Å². The summed E-state index contributed by atoms with van der Waals surface area (Å²) >= 11 is 12.8. The van der Waals surface area contributed by atoms with Crippen LogP contribution in [0.25, 0.3) is 21.8 Å². The van der Waals surface area contributed by atoms with Gasteiger partial charge in [0.2, 0.25) is 0 Å². The Morgan fingerprint density at radius 2 is 1.14 bits per heavy atom. The van der Waals surface area contributed by atoms with Crippen molar-refractivity contribution >= 4 is 62.7 Å². The lowest BCUT2D eigenvalue weighted by Gasteiger charge is -2.18. The first kappa shape index (κ1) is 17.2. The van der Waals surface area contributed by atoms with Crippen molar-refractivity contribution in [1.82, 2.24) is 9.97 Å². The molecule has 1 fully saturated rings. The van der Waals surface area contributed by atoms with Crippen LogP contribution in [0.15, 0.2) is 60.7 Å². The maximum Gasteiger partial charge on any atom is 0.331 e. The average molecular weight is 409 g/mol. The van der Waals surface area contributed by atoms with Crippen LogP contribution < -0.4 is 9.80 Å². The second-order valence-corrected chi connectivity index (χ2v) is 7.36. The van der Waals surface area contributed by atoms with Gasteiger partial charge in [0, 0.05) is 36.0 Å². The lowest BCUT2D eigenvalue weighted by Crippen LogP contribution is -2.32. The van der Waals surface area contributed by atoms with E-state index in [4.69, 9.17) is 23.2 Å². The van der Waals surface area contributed by atoms with Crippen molar-refractivity contribution in [1.29, 1.82) is 0 Å². The van der Waals surface area contributed by atoms with E-state index in [9.17, 15) is 4.79 Å². The Labute approximate surface area is 171 Å². The summed E-state index contributed by atoms with van der Waals surface area (Å²) in [6, 6.07) is 18.5. The number of para-hydroxylation sites is 2. The van der Waals surface area contributed by atoms with E-state index in [2.05, 4.69) is 9.97 Å². The van der Waals surface area contributed by atoms with Crippen molar-refractivity contribution in [2.45, 2.75) is 0 Å². The summed E-state index contributed by atoms with van der Waals surface area (Å²) in [5.74, 6) is 1.06. The first-order valence-electron chi connectivity index (χ1n) is 8.81. The normalized spacial score (nSPS) is 14.4. The third-order valence-corrected chi connectivity index (χ3v) is 5.49. The summed E-state index contributed by atoms with van der Waals surface area (Å²) in [7, 11) is 0. The maximum absolute atomic E-state index is 13.1. The SMILES string of the molecule is O=C1N(c2cc(Cl)c3ccccc3n2)CCN1c1cc(Cl)c2ccccc2n1. The number of amides is 2. The van der Waals surface area contributed by atoms with Crippen molar-refractivity contribution in [2.75, 3.05) is 22.9 Å². The molecular weight excluding hydrogens is 395 g/mol. The molecule has 2 aromatic heterocycles. The first-order valence-corrected chi connectivity index (χ1v) is 9.57. The van der Waals surface area contributed by atoms with Crippen LogP contribution in [0.3, 0.4) is 0 Å². The summed E-state index contributed by atoms with van der Waals surface area (Å²) in [5, 5.41) is 2.86. The number of carbonyl (C=O) groups is 1. The quantitative estimate of drug-likeness (QED) is 0.437. The van der Waals surface area contributed by atoms with Crippen LogP contribution in [0.1, 0.15) is 0 Å². The Balaban J connectivity index is 1.52. The van der Waals surface area contributed by atoms with Gasteiger partial charge in [-0.15, -0.1) is 0 Å². The summed E-state index contributed by atoms with van der Waals surface area (Å²) in [5.41, 5.74) is 1.51. The molecule has 0 atom stereocenters. The molecule has 2 aromatic carbocycles. The van der Waals surface area contributed by atoms with Crippen molar-refractivity contribution in [2.24, 2.45) is 0 Å². The predicted molar refractivity (Wildman–Crippen MR) is 114 cm³/mol. The summed E-state index contributed by atoms with van der Waals surface area (Å²) in [4.78, 5) is 25.5. The Hall–Kier alpha value is -2.89. The van der Waals surface area contributed by atoms with Crippen LogP contribution in [-0.4, -0.2) is 29.1 Å². The fourth-order valence-electron chi connectivity index (χ4n) is 3.48. The van der Waals surface area contributed by atoms with Gasteiger partial charge in [0.05, 0.1) is 21.1 Å². The zero-order chi connectivity index (χ0) is 19.3. The lowest BCUT2D eigenvalue weighted by molar-refractivity contribution is 0.255. The van der Waals surface area contributed by atoms with Crippen molar-refractivity contribution in [3.05, 3.63) is 70.7 Å². The number of pyridine rings is 2. The number of aromatic nitrogens is 2. The summed E-state index contributed by atoms with van der Waals surface area (Å²) in [6.45, 7) is 0.985. The van der Waals surface area contributed by atoms with E-state index in [1.165, 1.54) is 0 Å². The highest BCUT2D eigenvalue weighted by Gasteiger charge is 2.33.